The normalized spacial score (nSPS) is 16.8. The standard InChI is InChI=1S/C31H27N3O/c1-31(2)19-23(18-26(20-31)28(21-32)33-3)10-9-22-11-16-30(35)25(17-22)13-15-27-14-12-24-7-5-6-8-29(24)34(27)4/h5-18H,19-20H2,1-2,4H3/p+1/b10-9+,28-26-. The van der Waals surface area contributed by atoms with Crippen LogP contribution in [0, 0.1) is 23.3 Å². The second kappa shape index (κ2) is 9.84. The molecule has 0 atom stereocenters. The van der Waals surface area contributed by atoms with Gasteiger partial charge in [-0.3, -0.25) is 0 Å². The molecule has 1 heterocycles. The molecule has 35 heavy (non-hydrogen) atoms. The van der Waals surface area contributed by atoms with Gasteiger partial charge in [-0.1, -0.05) is 50.3 Å². The number of aromatic nitrogens is 1. The van der Waals surface area contributed by atoms with Crippen LogP contribution in [-0.4, -0.2) is 5.11 Å². The van der Waals surface area contributed by atoms with Crippen LogP contribution < -0.4 is 4.57 Å². The summed E-state index contributed by atoms with van der Waals surface area (Å²) in [5.41, 5.74) is 5.91. The first kappa shape index (κ1) is 23.7. The minimum Gasteiger partial charge on any atom is -0.507 e. The fraction of sp³-hybridized carbons (Fsp3) is 0.194. The van der Waals surface area contributed by atoms with Crippen LogP contribution in [0.3, 0.4) is 0 Å². The Bertz CT molecular complexity index is 1490. The summed E-state index contributed by atoms with van der Waals surface area (Å²) in [5, 5.41) is 20.9. The Labute approximate surface area is 206 Å². The number of nitrogens with zero attached hydrogens (tertiary/aromatic N) is 3. The van der Waals surface area contributed by atoms with Crippen LogP contribution in [0.4, 0.5) is 0 Å². The van der Waals surface area contributed by atoms with Crippen molar-refractivity contribution in [1.82, 2.24) is 0 Å². The molecule has 4 rings (SSSR count). The smallest absolute Gasteiger partial charge is 0.265 e. The van der Waals surface area contributed by atoms with Gasteiger partial charge in [-0.15, -0.1) is 0 Å². The lowest BCUT2D eigenvalue weighted by atomic mass is 9.74. The zero-order chi connectivity index (χ0) is 25.0. The van der Waals surface area contributed by atoms with Gasteiger partial charge in [0.1, 0.15) is 12.8 Å². The number of allylic oxidation sites excluding steroid dienone is 5. The van der Waals surface area contributed by atoms with Crippen molar-refractivity contribution in [1.29, 1.82) is 5.26 Å². The van der Waals surface area contributed by atoms with Gasteiger partial charge in [0.25, 0.3) is 5.70 Å². The number of phenols is 1. The van der Waals surface area contributed by atoms with Crippen LogP contribution >= 0.6 is 0 Å². The molecule has 1 aromatic heterocycles. The van der Waals surface area contributed by atoms with Gasteiger partial charge in [0.05, 0.1) is 12.6 Å². The monoisotopic (exact) mass is 458 g/mol. The predicted octanol–water partition coefficient (Wildman–Crippen LogP) is 7.00. The molecule has 4 heteroatoms. The summed E-state index contributed by atoms with van der Waals surface area (Å²) < 4.78 is 2.13. The molecule has 0 radical (unpaired) electrons. The van der Waals surface area contributed by atoms with E-state index in [1.165, 1.54) is 5.39 Å². The third-order valence-corrected chi connectivity index (χ3v) is 6.33. The molecular weight excluding hydrogens is 430 g/mol. The second-order valence-corrected chi connectivity index (χ2v) is 9.70. The first-order valence-electron chi connectivity index (χ1n) is 11.6. The third-order valence-electron chi connectivity index (χ3n) is 6.33. The Kier molecular flexibility index (Phi) is 6.67. The fourth-order valence-electron chi connectivity index (χ4n) is 4.60. The van der Waals surface area contributed by atoms with Crippen molar-refractivity contribution < 1.29 is 9.67 Å². The number of hydrogen-bond acceptors (Lipinski definition) is 2. The van der Waals surface area contributed by atoms with Gasteiger partial charge >= 0.3 is 0 Å². The van der Waals surface area contributed by atoms with Crippen LogP contribution in [0.5, 0.6) is 5.75 Å². The summed E-state index contributed by atoms with van der Waals surface area (Å²) in [5.74, 6) is 0.223. The number of rotatable bonds is 4. The van der Waals surface area contributed by atoms with Crippen LogP contribution in [-0.2, 0) is 7.05 Å². The highest BCUT2D eigenvalue weighted by Crippen LogP contribution is 2.39. The molecule has 0 aliphatic heterocycles. The lowest BCUT2D eigenvalue weighted by Crippen LogP contribution is -2.32. The molecule has 0 bridgehead atoms. The topological polar surface area (TPSA) is 52.3 Å². The van der Waals surface area contributed by atoms with Crippen molar-refractivity contribution in [2.24, 2.45) is 12.5 Å². The van der Waals surface area contributed by atoms with Crippen molar-refractivity contribution in [2.75, 3.05) is 0 Å². The molecule has 0 saturated carbocycles. The van der Waals surface area contributed by atoms with E-state index in [4.69, 9.17) is 6.57 Å². The number of para-hydroxylation sites is 1. The number of fused-ring (bicyclic) bond motifs is 1. The van der Waals surface area contributed by atoms with Crippen molar-refractivity contribution in [3.8, 4) is 11.8 Å². The SMILES string of the molecule is [C-]#[N+]/C(C#N)=C1C=C(/C=C/c2ccc(O)c(/C=C/c3ccc4ccccc4[n+]3C)c2)CC(C)(C)C/1. The quantitative estimate of drug-likeness (QED) is 0.260. The van der Waals surface area contributed by atoms with Crippen molar-refractivity contribution >= 4 is 29.1 Å². The van der Waals surface area contributed by atoms with Gasteiger partial charge in [0.15, 0.2) is 0 Å². The summed E-state index contributed by atoms with van der Waals surface area (Å²) >= 11 is 0. The number of pyridine rings is 1. The van der Waals surface area contributed by atoms with Crippen LogP contribution in [0.2, 0.25) is 0 Å². The van der Waals surface area contributed by atoms with E-state index in [2.05, 4.69) is 47.5 Å². The van der Waals surface area contributed by atoms with E-state index in [1.807, 2.05) is 67.8 Å². The Balaban J connectivity index is 1.62. The lowest BCUT2D eigenvalue weighted by molar-refractivity contribution is -0.646. The highest BCUT2D eigenvalue weighted by molar-refractivity contribution is 5.78. The van der Waals surface area contributed by atoms with Crippen molar-refractivity contribution in [3.05, 3.63) is 112 Å². The fourth-order valence-corrected chi connectivity index (χ4v) is 4.60. The average molecular weight is 459 g/mol. The number of hydrogen-bond donors (Lipinski definition) is 1. The molecule has 0 saturated heterocycles. The molecule has 1 aliphatic rings. The molecule has 0 amide bonds. The van der Waals surface area contributed by atoms with E-state index in [0.717, 1.165) is 46.3 Å². The molecule has 0 unspecified atom stereocenters. The molecule has 3 aromatic rings. The van der Waals surface area contributed by atoms with E-state index >= 15 is 0 Å². The van der Waals surface area contributed by atoms with E-state index in [0.29, 0.717) is 0 Å². The Hall–Kier alpha value is -4.41. The van der Waals surface area contributed by atoms with Gasteiger partial charge in [-0.25, -0.2) is 10.1 Å². The molecule has 2 aromatic carbocycles. The van der Waals surface area contributed by atoms with Crippen LogP contribution in [0.25, 0.3) is 34.0 Å². The highest BCUT2D eigenvalue weighted by Gasteiger charge is 2.26. The first-order valence-corrected chi connectivity index (χ1v) is 11.6. The molecule has 1 aliphatic carbocycles. The zero-order valence-electron chi connectivity index (χ0n) is 20.3. The molecule has 4 nitrogen and oxygen atoms in total. The molecule has 1 N–H and O–H groups in total. The van der Waals surface area contributed by atoms with Crippen molar-refractivity contribution in [2.45, 2.75) is 26.7 Å². The Morgan fingerprint density at radius 3 is 2.63 bits per heavy atom. The third kappa shape index (κ3) is 5.40. The van der Waals surface area contributed by atoms with E-state index in [-0.39, 0.29) is 16.9 Å². The van der Waals surface area contributed by atoms with Crippen LogP contribution in [0.1, 0.15) is 43.5 Å². The lowest BCUT2D eigenvalue weighted by Gasteiger charge is -2.30. The molecule has 0 spiro atoms. The Morgan fingerprint density at radius 1 is 1.06 bits per heavy atom. The summed E-state index contributed by atoms with van der Waals surface area (Å²) in [6.45, 7) is 11.6. The second-order valence-electron chi connectivity index (χ2n) is 9.70. The predicted molar refractivity (Wildman–Crippen MR) is 142 cm³/mol. The van der Waals surface area contributed by atoms with Gasteiger partial charge in [-0.2, -0.15) is 4.57 Å². The maximum absolute atomic E-state index is 10.4. The minimum absolute atomic E-state index is 0.0191. The van der Waals surface area contributed by atoms with Gasteiger partial charge in [0.2, 0.25) is 11.2 Å². The van der Waals surface area contributed by atoms with E-state index < -0.39 is 0 Å². The highest BCUT2D eigenvalue weighted by atomic mass is 16.3. The van der Waals surface area contributed by atoms with Crippen LogP contribution in [0.15, 0.2) is 83.6 Å². The first-order chi connectivity index (χ1) is 16.8. The maximum Gasteiger partial charge on any atom is 0.265 e. The number of aryl methyl sites for hydroxylation is 1. The van der Waals surface area contributed by atoms with Gasteiger partial charge in [0, 0.05) is 29.2 Å². The average Bonchev–Trinajstić information content (AvgIpc) is 2.84. The van der Waals surface area contributed by atoms with E-state index in [1.54, 1.807) is 6.07 Å². The van der Waals surface area contributed by atoms with Crippen molar-refractivity contribution in [3.63, 3.8) is 0 Å². The summed E-state index contributed by atoms with van der Waals surface area (Å²) in [6, 6.07) is 20.0. The van der Waals surface area contributed by atoms with Gasteiger partial charge in [-0.05, 0) is 65.3 Å². The number of aromatic hydroxyl groups is 1. The Morgan fingerprint density at radius 2 is 1.86 bits per heavy atom. The summed E-state index contributed by atoms with van der Waals surface area (Å²) in [6.07, 6.45) is 11.6. The maximum atomic E-state index is 10.4. The van der Waals surface area contributed by atoms with Gasteiger partial charge < -0.3 is 5.11 Å². The minimum atomic E-state index is -0.0191. The number of nitriles is 1. The number of phenolic OH excluding ortho intramolecular Hbond substituents is 1. The molecule has 172 valence electrons. The molecular formula is C31H28N3O+. The zero-order valence-corrected chi connectivity index (χ0v) is 20.3. The van der Waals surface area contributed by atoms with E-state index in [9.17, 15) is 10.4 Å². The molecule has 0 fully saturated rings. The summed E-state index contributed by atoms with van der Waals surface area (Å²) in [4.78, 5) is 3.40. The summed E-state index contributed by atoms with van der Waals surface area (Å²) in [7, 11) is 2.04. The largest absolute Gasteiger partial charge is 0.507 e. The number of benzene rings is 2.